The van der Waals surface area contributed by atoms with Gasteiger partial charge in [-0.25, -0.2) is 0 Å². The second-order valence-corrected chi connectivity index (χ2v) is 5.91. The summed E-state index contributed by atoms with van der Waals surface area (Å²) in [4.78, 5) is 14.6. The Morgan fingerprint density at radius 2 is 1.67 bits per heavy atom. The van der Waals surface area contributed by atoms with Gasteiger partial charge in [0.1, 0.15) is 0 Å². The molecule has 1 N–H and O–H groups in total. The number of pyridine rings is 1. The first-order valence-corrected chi connectivity index (χ1v) is 7.51. The van der Waals surface area contributed by atoms with Gasteiger partial charge in [-0.1, -0.05) is 30.3 Å². The largest absolute Gasteiger partial charge is 0.354 e. The summed E-state index contributed by atoms with van der Waals surface area (Å²) in [5.74, 6) is 0. The van der Waals surface area contributed by atoms with Crippen LogP contribution >= 0.6 is 0 Å². The van der Waals surface area contributed by atoms with E-state index in [-0.39, 0.29) is 10.8 Å². The third kappa shape index (κ3) is 2.57. The van der Waals surface area contributed by atoms with Gasteiger partial charge < -0.3 is 4.98 Å². The van der Waals surface area contributed by atoms with Crippen molar-refractivity contribution in [2.45, 2.75) is 4.90 Å². The van der Waals surface area contributed by atoms with Gasteiger partial charge in [0.05, 0.1) is 4.90 Å². The molecule has 0 bridgehead atoms. The average molecular weight is 303 g/mol. The molecule has 0 unspecified atom stereocenters. The van der Waals surface area contributed by atoms with Gasteiger partial charge in [-0.05, 0) is 23.8 Å². The zero-order valence-corrected chi connectivity index (χ0v) is 11.5. The first-order valence-electron chi connectivity index (χ1n) is 6.12. The zero-order chi connectivity index (χ0) is 15.0. The minimum Gasteiger partial charge on any atom is -0.354 e. The molecule has 0 aliphatic heterocycles. The molecule has 0 aliphatic rings. The van der Waals surface area contributed by atoms with E-state index in [2.05, 4.69) is 4.98 Å². The number of hydrogen-bond acceptors (Lipinski definition) is 3. The summed E-state index contributed by atoms with van der Waals surface area (Å²) >= 11 is 0. The van der Waals surface area contributed by atoms with E-state index in [0.717, 1.165) is 17.7 Å². The highest BCUT2D eigenvalue weighted by Gasteiger charge is 2.13. The van der Waals surface area contributed by atoms with Gasteiger partial charge in [-0.2, -0.15) is 8.42 Å². The van der Waals surface area contributed by atoms with Gasteiger partial charge in [0, 0.05) is 22.7 Å². The van der Waals surface area contributed by atoms with E-state index in [4.69, 9.17) is 0 Å². The van der Waals surface area contributed by atoms with Gasteiger partial charge in [-0.3, -0.25) is 4.79 Å². The van der Waals surface area contributed by atoms with Gasteiger partial charge in [0.15, 0.2) is 5.43 Å². The summed E-state index contributed by atoms with van der Waals surface area (Å²) in [6.07, 6.45) is 0. The highest BCUT2D eigenvalue weighted by atomic mass is 32.3. The Balaban J connectivity index is 2.26. The Hall–Kier alpha value is -2.47. The first-order chi connectivity index (χ1) is 9.95. The molecule has 0 fully saturated rings. The summed E-state index contributed by atoms with van der Waals surface area (Å²) in [7, 11) is -4.83. The molecule has 0 radical (unpaired) electrons. The van der Waals surface area contributed by atoms with Crippen LogP contribution in [-0.4, -0.2) is 13.4 Å². The molecule has 3 rings (SSSR count). The number of H-pyrrole nitrogens is 1. The lowest BCUT2D eigenvalue weighted by Crippen LogP contribution is -2.04. The van der Waals surface area contributed by atoms with Crippen LogP contribution < -0.4 is 5.43 Å². The highest BCUT2D eigenvalue weighted by Crippen LogP contribution is 2.21. The van der Waals surface area contributed by atoms with E-state index in [9.17, 15) is 17.1 Å². The fourth-order valence-corrected chi connectivity index (χ4v) is 2.64. The molecular formula is C15H10FNO3S. The minimum atomic E-state index is -4.83. The molecule has 2 aromatic carbocycles. The van der Waals surface area contributed by atoms with Gasteiger partial charge in [0.2, 0.25) is 0 Å². The van der Waals surface area contributed by atoms with Crippen molar-refractivity contribution in [3.05, 3.63) is 64.8 Å². The maximum Gasteiger partial charge on any atom is 0.332 e. The number of rotatable bonds is 2. The van der Waals surface area contributed by atoms with Crippen LogP contribution in [0, 0.1) is 0 Å². The Bertz CT molecular complexity index is 979. The van der Waals surface area contributed by atoms with Crippen molar-refractivity contribution in [2.75, 3.05) is 0 Å². The number of halogens is 1. The average Bonchev–Trinajstić information content (AvgIpc) is 2.47. The van der Waals surface area contributed by atoms with E-state index in [1.807, 2.05) is 30.3 Å². The van der Waals surface area contributed by atoms with Crippen LogP contribution in [0.15, 0.2) is 64.3 Å². The molecule has 3 aromatic rings. The summed E-state index contributed by atoms with van der Waals surface area (Å²) in [5.41, 5.74) is 1.53. The van der Waals surface area contributed by atoms with Crippen molar-refractivity contribution >= 4 is 21.1 Å². The maximum absolute atomic E-state index is 13.0. The fraction of sp³-hybridized carbons (Fsp3) is 0. The van der Waals surface area contributed by atoms with Crippen molar-refractivity contribution < 1.29 is 12.3 Å². The topological polar surface area (TPSA) is 67.0 Å². The van der Waals surface area contributed by atoms with Crippen LogP contribution in [0.4, 0.5) is 3.89 Å². The maximum atomic E-state index is 13.0. The standard InChI is InChI=1S/C15H10FNO3S/c16-21(19,20)11-6-7-13-12(8-11)15(18)9-14(17-13)10-4-2-1-3-5-10/h1-9H,(H,17,18). The van der Waals surface area contributed by atoms with E-state index in [1.165, 1.54) is 12.1 Å². The predicted molar refractivity (Wildman–Crippen MR) is 78.3 cm³/mol. The molecule has 0 saturated heterocycles. The van der Waals surface area contributed by atoms with Crippen LogP contribution in [0.5, 0.6) is 0 Å². The van der Waals surface area contributed by atoms with Gasteiger partial charge in [-0.15, -0.1) is 3.89 Å². The minimum absolute atomic E-state index is 0.133. The predicted octanol–water partition coefficient (Wildman–Crippen LogP) is 2.85. The molecule has 4 nitrogen and oxygen atoms in total. The molecule has 6 heteroatoms. The lowest BCUT2D eigenvalue weighted by atomic mass is 10.1. The highest BCUT2D eigenvalue weighted by molar-refractivity contribution is 7.86. The van der Waals surface area contributed by atoms with E-state index in [1.54, 1.807) is 0 Å². The van der Waals surface area contributed by atoms with Crippen LogP contribution in [0.2, 0.25) is 0 Å². The first kappa shape index (κ1) is 13.5. The molecule has 106 valence electrons. The molecule has 21 heavy (non-hydrogen) atoms. The number of hydrogen-bond donors (Lipinski definition) is 1. The van der Waals surface area contributed by atoms with E-state index < -0.39 is 15.1 Å². The number of fused-ring (bicyclic) bond motifs is 1. The Morgan fingerprint density at radius 1 is 0.952 bits per heavy atom. The molecule has 1 aromatic heterocycles. The molecule has 0 aliphatic carbocycles. The van der Waals surface area contributed by atoms with Gasteiger partial charge >= 0.3 is 10.2 Å². The third-order valence-corrected chi connectivity index (χ3v) is 3.98. The zero-order valence-electron chi connectivity index (χ0n) is 10.7. The number of benzene rings is 2. The lowest BCUT2D eigenvalue weighted by molar-refractivity contribution is 0.552. The Labute approximate surface area is 120 Å². The number of nitrogens with one attached hydrogen (secondary N) is 1. The fourth-order valence-electron chi connectivity index (χ4n) is 2.15. The summed E-state index contributed by atoms with van der Waals surface area (Å²) in [5, 5.41) is 0.133. The quantitative estimate of drug-likeness (QED) is 0.740. The summed E-state index contributed by atoms with van der Waals surface area (Å²) < 4.78 is 34.8. The molecule has 0 spiro atoms. The van der Waals surface area contributed by atoms with E-state index in [0.29, 0.717) is 11.2 Å². The van der Waals surface area contributed by atoms with Gasteiger partial charge in [0.25, 0.3) is 0 Å². The number of aromatic nitrogens is 1. The van der Waals surface area contributed by atoms with Crippen LogP contribution in [0.25, 0.3) is 22.2 Å². The van der Waals surface area contributed by atoms with Crippen LogP contribution in [0.3, 0.4) is 0 Å². The molecule has 1 heterocycles. The second kappa shape index (κ2) is 4.82. The Kier molecular flexibility index (Phi) is 3.10. The molecular weight excluding hydrogens is 293 g/mol. The van der Waals surface area contributed by atoms with Crippen molar-refractivity contribution in [1.82, 2.24) is 4.98 Å². The Morgan fingerprint density at radius 3 is 2.33 bits per heavy atom. The lowest BCUT2D eigenvalue weighted by Gasteiger charge is -2.05. The smallest absolute Gasteiger partial charge is 0.332 e. The number of aromatic amines is 1. The van der Waals surface area contributed by atoms with Crippen molar-refractivity contribution in [3.63, 3.8) is 0 Å². The second-order valence-electron chi connectivity index (χ2n) is 4.56. The summed E-state index contributed by atoms with van der Waals surface area (Å²) in [6.45, 7) is 0. The van der Waals surface area contributed by atoms with Crippen molar-refractivity contribution in [1.29, 1.82) is 0 Å². The third-order valence-electron chi connectivity index (χ3n) is 3.17. The van der Waals surface area contributed by atoms with Crippen molar-refractivity contribution in [3.8, 4) is 11.3 Å². The molecule has 0 atom stereocenters. The molecule has 0 amide bonds. The summed E-state index contributed by atoms with van der Waals surface area (Å²) in [6, 6.07) is 14.2. The normalized spacial score (nSPS) is 11.7. The monoisotopic (exact) mass is 303 g/mol. The SMILES string of the molecule is O=c1cc(-c2ccccc2)[nH]c2ccc(S(=O)(=O)F)cc12. The van der Waals surface area contributed by atoms with Crippen molar-refractivity contribution in [2.24, 2.45) is 0 Å². The van der Waals surface area contributed by atoms with Crippen LogP contribution in [-0.2, 0) is 10.2 Å². The molecule has 0 saturated carbocycles. The van der Waals surface area contributed by atoms with E-state index >= 15 is 0 Å². The van der Waals surface area contributed by atoms with Crippen LogP contribution in [0.1, 0.15) is 0 Å².